The van der Waals surface area contributed by atoms with Crippen molar-refractivity contribution in [3.8, 4) is 0 Å². The Morgan fingerprint density at radius 3 is 2.50 bits per heavy atom. The van der Waals surface area contributed by atoms with Crippen molar-refractivity contribution in [1.82, 2.24) is 10.3 Å². The molecule has 0 aliphatic heterocycles. The van der Waals surface area contributed by atoms with Crippen LogP contribution >= 0.6 is 0 Å². The number of carbonyl (C=O) groups excluding carboxylic acids is 1. The van der Waals surface area contributed by atoms with Crippen molar-refractivity contribution in [1.29, 1.82) is 0 Å². The van der Waals surface area contributed by atoms with Gasteiger partial charge in [0, 0.05) is 18.3 Å². The molecule has 1 heterocycles. The number of benzene rings is 1. The molecule has 6 heteroatoms. The standard InChI is InChI=1S/C14H13N3O3/c1-10(11-5-7-12(8-6-11)17(19)20)16-14(18)13-4-2-3-9-15-13/h2-10H,1H3,(H,16,18)/t10-/m1/s1. The van der Waals surface area contributed by atoms with E-state index < -0.39 is 4.92 Å². The van der Waals surface area contributed by atoms with Crippen LogP contribution in [-0.2, 0) is 0 Å². The van der Waals surface area contributed by atoms with Crippen LogP contribution in [0.1, 0.15) is 29.0 Å². The van der Waals surface area contributed by atoms with Gasteiger partial charge >= 0.3 is 0 Å². The highest BCUT2D eigenvalue weighted by Crippen LogP contribution is 2.17. The molecule has 0 saturated heterocycles. The van der Waals surface area contributed by atoms with Crippen LogP contribution in [-0.4, -0.2) is 15.8 Å². The van der Waals surface area contributed by atoms with Gasteiger partial charge in [0.05, 0.1) is 11.0 Å². The molecule has 20 heavy (non-hydrogen) atoms. The number of non-ortho nitro benzene ring substituents is 1. The van der Waals surface area contributed by atoms with Crippen molar-refractivity contribution < 1.29 is 9.72 Å². The zero-order valence-electron chi connectivity index (χ0n) is 10.8. The molecule has 0 saturated carbocycles. The molecule has 6 nitrogen and oxygen atoms in total. The second-order valence-corrected chi connectivity index (χ2v) is 4.26. The molecule has 1 atom stereocenters. The Balaban J connectivity index is 2.06. The molecule has 0 unspecified atom stereocenters. The lowest BCUT2D eigenvalue weighted by Gasteiger charge is -2.13. The van der Waals surface area contributed by atoms with E-state index in [1.807, 2.05) is 6.92 Å². The summed E-state index contributed by atoms with van der Waals surface area (Å²) < 4.78 is 0. The molecule has 2 aromatic rings. The van der Waals surface area contributed by atoms with E-state index in [1.165, 1.54) is 12.1 Å². The Labute approximate surface area is 115 Å². The molecular weight excluding hydrogens is 258 g/mol. The zero-order valence-corrected chi connectivity index (χ0v) is 10.8. The molecule has 0 radical (unpaired) electrons. The summed E-state index contributed by atoms with van der Waals surface area (Å²) in [5.74, 6) is -0.281. The van der Waals surface area contributed by atoms with Gasteiger partial charge in [-0.25, -0.2) is 0 Å². The van der Waals surface area contributed by atoms with Crippen molar-refractivity contribution in [3.05, 3.63) is 70.0 Å². The first kappa shape index (κ1) is 13.7. The molecule has 0 spiro atoms. The summed E-state index contributed by atoms with van der Waals surface area (Å²) >= 11 is 0. The number of nitrogens with one attached hydrogen (secondary N) is 1. The maximum absolute atomic E-state index is 11.9. The Morgan fingerprint density at radius 1 is 1.25 bits per heavy atom. The maximum atomic E-state index is 11.9. The van der Waals surface area contributed by atoms with Crippen molar-refractivity contribution in [2.24, 2.45) is 0 Å². The normalized spacial score (nSPS) is 11.7. The first-order chi connectivity index (χ1) is 9.58. The number of aromatic nitrogens is 1. The summed E-state index contributed by atoms with van der Waals surface area (Å²) in [6.07, 6.45) is 1.55. The molecule has 1 aromatic heterocycles. The van der Waals surface area contributed by atoms with E-state index in [9.17, 15) is 14.9 Å². The third-order valence-corrected chi connectivity index (χ3v) is 2.85. The van der Waals surface area contributed by atoms with Crippen LogP contribution in [0.25, 0.3) is 0 Å². The van der Waals surface area contributed by atoms with Crippen LogP contribution in [0.2, 0.25) is 0 Å². The van der Waals surface area contributed by atoms with Crippen molar-refractivity contribution in [2.45, 2.75) is 13.0 Å². The molecule has 0 aliphatic carbocycles. The lowest BCUT2D eigenvalue weighted by Crippen LogP contribution is -2.27. The Hall–Kier alpha value is -2.76. The predicted molar refractivity (Wildman–Crippen MR) is 73.2 cm³/mol. The van der Waals surface area contributed by atoms with Gasteiger partial charge in [-0.3, -0.25) is 19.9 Å². The number of nitro groups is 1. The number of amides is 1. The molecule has 1 N–H and O–H groups in total. The summed E-state index contributed by atoms with van der Waals surface area (Å²) in [4.78, 5) is 26.0. The first-order valence-corrected chi connectivity index (χ1v) is 6.04. The maximum Gasteiger partial charge on any atom is 0.270 e. The van der Waals surface area contributed by atoms with Gasteiger partial charge in [-0.1, -0.05) is 18.2 Å². The summed E-state index contributed by atoms with van der Waals surface area (Å²) in [7, 11) is 0. The average molecular weight is 271 g/mol. The van der Waals surface area contributed by atoms with Gasteiger partial charge in [-0.05, 0) is 24.6 Å². The van der Waals surface area contributed by atoms with Gasteiger partial charge in [0.2, 0.25) is 0 Å². The van der Waals surface area contributed by atoms with Crippen LogP contribution in [0, 0.1) is 10.1 Å². The van der Waals surface area contributed by atoms with Gasteiger partial charge in [0.15, 0.2) is 0 Å². The first-order valence-electron chi connectivity index (χ1n) is 6.04. The van der Waals surface area contributed by atoms with E-state index in [-0.39, 0.29) is 17.6 Å². The molecule has 102 valence electrons. The number of hydrogen-bond acceptors (Lipinski definition) is 4. The van der Waals surface area contributed by atoms with Gasteiger partial charge in [0.25, 0.3) is 11.6 Å². The van der Waals surface area contributed by atoms with E-state index in [0.717, 1.165) is 5.56 Å². The van der Waals surface area contributed by atoms with E-state index in [1.54, 1.807) is 36.5 Å². The molecule has 0 bridgehead atoms. The van der Waals surface area contributed by atoms with E-state index in [0.29, 0.717) is 5.69 Å². The lowest BCUT2D eigenvalue weighted by atomic mass is 10.1. The van der Waals surface area contributed by atoms with E-state index in [2.05, 4.69) is 10.3 Å². The topological polar surface area (TPSA) is 85.1 Å². The number of rotatable bonds is 4. The highest BCUT2D eigenvalue weighted by atomic mass is 16.6. The van der Waals surface area contributed by atoms with Crippen molar-refractivity contribution >= 4 is 11.6 Å². The summed E-state index contributed by atoms with van der Waals surface area (Å²) in [5, 5.41) is 13.4. The minimum absolute atomic E-state index is 0.0250. The number of nitro benzene ring substituents is 1. The molecule has 0 fully saturated rings. The fourth-order valence-electron chi connectivity index (χ4n) is 1.74. The highest BCUT2D eigenvalue weighted by Gasteiger charge is 2.13. The lowest BCUT2D eigenvalue weighted by molar-refractivity contribution is -0.384. The van der Waals surface area contributed by atoms with E-state index >= 15 is 0 Å². The van der Waals surface area contributed by atoms with Gasteiger partial charge in [-0.2, -0.15) is 0 Å². The number of nitrogens with zero attached hydrogens (tertiary/aromatic N) is 2. The van der Waals surface area contributed by atoms with Gasteiger partial charge in [-0.15, -0.1) is 0 Å². The fraction of sp³-hybridized carbons (Fsp3) is 0.143. The van der Waals surface area contributed by atoms with Gasteiger partial charge < -0.3 is 5.32 Å². The molecule has 2 rings (SSSR count). The molecule has 1 aromatic carbocycles. The molecular formula is C14H13N3O3. The Bertz CT molecular complexity index is 611. The Morgan fingerprint density at radius 2 is 1.95 bits per heavy atom. The molecule has 0 aliphatic rings. The SMILES string of the molecule is C[C@@H](NC(=O)c1ccccn1)c1ccc([N+](=O)[O-])cc1. The highest BCUT2D eigenvalue weighted by molar-refractivity contribution is 5.92. The third kappa shape index (κ3) is 3.17. The van der Waals surface area contributed by atoms with Crippen LogP contribution in [0.4, 0.5) is 5.69 Å². The smallest absolute Gasteiger partial charge is 0.270 e. The molecule has 1 amide bonds. The predicted octanol–water partition coefficient (Wildman–Crippen LogP) is 2.48. The summed E-state index contributed by atoms with van der Waals surface area (Å²) in [6, 6.07) is 10.9. The monoisotopic (exact) mass is 271 g/mol. The number of carbonyl (C=O) groups is 1. The quantitative estimate of drug-likeness (QED) is 0.683. The zero-order chi connectivity index (χ0) is 14.5. The number of pyridine rings is 1. The van der Waals surface area contributed by atoms with Gasteiger partial charge in [0.1, 0.15) is 5.69 Å². The van der Waals surface area contributed by atoms with Crippen molar-refractivity contribution in [3.63, 3.8) is 0 Å². The largest absolute Gasteiger partial charge is 0.344 e. The Kier molecular flexibility index (Phi) is 4.05. The summed E-state index contributed by atoms with van der Waals surface area (Å²) in [6.45, 7) is 1.81. The van der Waals surface area contributed by atoms with E-state index in [4.69, 9.17) is 0 Å². The summed E-state index contributed by atoms with van der Waals surface area (Å²) in [5.41, 5.74) is 1.15. The van der Waals surface area contributed by atoms with Crippen molar-refractivity contribution in [2.75, 3.05) is 0 Å². The van der Waals surface area contributed by atoms with Crippen LogP contribution in [0.3, 0.4) is 0 Å². The third-order valence-electron chi connectivity index (χ3n) is 2.85. The number of hydrogen-bond donors (Lipinski definition) is 1. The second-order valence-electron chi connectivity index (χ2n) is 4.26. The van der Waals surface area contributed by atoms with Crippen LogP contribution in [0.5, 0.6) is 0 Å². The average Bonchev–Trinajstić information content (AvgIpc) is 2.48. The van der Waals surface area contributed by atoms with Crippen LogP contribution in [0.15, 0.2) is 48.7 Å². The second kappa shape index (κ2) is 5.92. The van der Waals surface area contributed by atoms with Crippen LogP contribution < -0.4 is 5.32 Å². The minimum atomic E-state index is -0.457. The minimum Gasteiger partial charge on any atom is -0.344 e. The fourth-order valence-corrected chi connectivity index (χ4v) is 1.74.